The Morgan fingerprint density at radius 3 is 2.70 bits per heavy atom. The maximum atomic E-state index is 12.8. The van der Waals surface area contributed by atoms with Gasteiger partial charge in [-0.05, 0) is 30.2 Å². The summed E-state index contributed by atoms with van der Waals surface area (Å²) in [5.41, 5.74) is 8.63. The Bertz CT molecular complexity index is 1280. The van der Waals surface area contributed by atoms with Crippen LogP contribution >= 0.6 is 15.9 Å². The fraction of sp³-hybridized carbons (Fsp3) is 0.240. The minimum absolute atomic E-state index is 0.00949. The van der Waals surface area contributed by atoms with E-state index in [0.717, 1.165) is 5.56 Å². The van der Waals surface area contributed by atoms with Gasteiger partial charge in [-0.1, -0.05) is 34.1 Å². The van der Waals surface area contributed by atoms with Crippen LogP contribution in [0.4, 0.5) is 0 Å². The van der Waals surface area contributed by atoms with Gasteiger partial charge in [-0.3, -0.25) is 4.79 Å². The molecule has 1 atom stereocenters. The van der Waals surface area contributed by atoms with Gasteiger partial charge in [0.15, 0.2) is 17.3 Å². The highest BCUT2D eigenvalue weighted by atomic mass is 79.9. The molecule has 1 aliphatic heterocycles. The average Bonchev–Trinajstić information content (AvgIpc) is 2.82. The molecule has 8 heteroatoms. The molecule has 0 spiro atoms. The van der Waals surface area contributed by atoms with Gasteiger partial charge in [-0.15, -0.1) is 0 Å². The van der Waals surface area contributed by atoms with Crippen molar-refractivity contribution >= 4 is 21.7 Å². The van der Waals surface area contributed by atoms with Crippen molar-refractivity contribution in [1.82, 2.24) is 0 Å². The van der Waals surface area contributed by atoms with Crippen LogP contribution in [0.3, 0.4) is 0 Å². The van der Waals surface area contributed by atoms with Gasteiger partial charge in [0.25, 0.3) is 0 Å². The Hall–Kier alpha value is -3.75. The molecule has 1 aliphatic carbocycles. The molecule has 0 bridgehead atoms. The lowest BCUT2D eigenvalue weighted by atomic mass is 9.77. The predicted molar refractivity (Wildman–Crippen MR) is 123 cm³/mol. The number of allylic oxidation sites excluding steroid dienone is 3. The zero-order chi connectivity index (χ0) is 23.5. The summed E-state index contributed by atoms with van der Waals surface area (Å²) in [6.07, 6.45) is 1.66. The summed E-state index contributed by atoms with van der Waals surface area (Å²) in [6, 6.07) is 14.9. The maximum absolute atomic E-state index is 12.8. The molecule has 0 fully saturated rings. The first-order valence-corrected chi connectivity index (χ1v) is 11.1. The first kappa shape index (κ1) is 22.4. The predicted octanol–water partition coefficient (Wildman–Crippen LogP) is 4.72. The van der Waals surface area contributed by atoms with E-state index in [9.17, 15) is 15.3 Å². The van der Waals surface area contributed by atoms with Crippen molar-refractivity contribution in [3.63, 3.8) is 0 Å². The number of ether oxygens (including phenoxy) is 3. The van der Waals surface area contributed by atoms with Gasteiger partial charge < -0.3 is 19.9 Å². The molecule has 4 rings (SSSR count). The van der Waals surface area contributed by atoms with E-state index >= 15 is 0 Å². The second-order valence-electron chi connectivity index (χ2n) is 7.62. The van der Waals surface area contributed by atoms with E-state index in [1.807, 2.05) is 12.1 Å². The van der Waals surface area contributed by atoms with E-state index in [2.05, 4.69) is 28.1 Å². The molecule has 2 aromatic rings. The maximum Gasteiger partial charge on any atom is 0.205 e. The van der Waals surface area contributed by atoms with Gasteiger partial charge in [-0.25, -0.2) is 0 Å². The number of benzene rings is 2. The molecule has 0 radical (unpaired) electrons. The fourth-order valence-electron chi connectivity index (χ4n) is 4.12. The average molecular weight is 506 g/mol. The Balaban J connectivity index is 1.75. The first-order valence-electron chi connectivity index (χ1n) is 10.3. The number of halogens is 1. The second kappa shape index (κ2) is 9.40. The van der Waals surface area contributed by atoms with E-state index in [4.69, 9.17) is 19.9 Å². The Kier molecular flexibility index (Phi) is 6.39. The fourth-order valence-corrected chi connectivity index (χ4v) is 4.67. The summed E-state index contributed by atoms with van der Waals surface area (Å²) in [7, 11) is 1.51. The highest BCUT2D eigenvalue weighted by Gasteiger charge is 2.39. The Labute approximate surface area is 199 Å². The summed E-state index contributed by atoms with van der Waals surface area (Å²) in [4.78, 5) is 12.8. The molecule has 2 aromatic carbocycles. The van der Waals surface area contributed by atoms with Crippen LogP contribution in [-0.4, -0.2) is 12.9 Å². The lowest BCUT2D eigenvalue weighted by Crippen LogP contribution is -2.27. The van der Waals surface area contributed by atoms with Gasteiger partial charge in [-0.2, -0.15) is 10.5 Å². The smallest absolute Gasteiger partial charge is 0.205 e. The van der Waals surface area contributed by atoms with Crippen molar-refractivity contribution in [1.29, 1.82) is 10.5 Å². The topological polar surface area (TPSA) is 118 Å². The van der Waals surface area contributed by atoms with Crippen molar-refractivity contribution in [2.24, 2.45) is 5.73 Å². The summed E-state index contributed by atoms with van der Waals surface area (Å²) < 4.78 is 17.8. The third-order valence-electron chi connectivity index (χ3n) is 5.72. The number of ketones is 1. The van der Waals surface area contributed by atoms with E-state index in [1.54, 1.807) is 24.3 Å². The molecule has 166 valence electrons. The zero-order valence-corrected chi connectivity index (χ0v) is 19.4. The molecule has 1 heterocycles. The van der Waals surface area contributed by atoms with Crippen LogP contribution in [0.25, 0.3) is 0 Å². The lowest BCUT2D eigenvalue weighted by Gasteiger charge is -2.31. The molecule has 0 amide bonds. The summed E-state index contributed by atoms with van der Waals surface area (Å²) in [5.74, 6) is 0.689. The summed E-state index contributed by atoms with van der Waals surface area (Å²) >= 11 is 3.58. The van der Waals surface area contributed by atoms with Crippen molar-refractivity contribution < 1.29 is 19.0 Å². The molecular formula is C25H20BrN3O4. The van der Waals surface area contributed by atoms with Crippen LogP contribution in [0.2, 0.25) is 0 Å². The van der Waals surface area contributed by atoms with Crippen LogP contribution in [-0.2, 0) is 16.1 Å². The highest BCUT2D eigenvalue weighted by molar-refractivity contribution is 9.10. The molecular weight excluding hydrogens is 486 g/mol. The number of methoxy groups -OCH3 is 1. The number of hydrogen-bond acceptors (Lipinski definition) is 7. The molecule has 2 aliphatic rings. The summed E-state index contributed by atoms with van der Waals surface area (Å²) in [6.45, 7) is 0.174. The van der Waals surface area contributed by atoms with Gasteiger partial charge in [0.05, 0.1) is 24.7 Å². The third-order valence-corrected chi connectivity index (χ3v) is 6.41. The van der Waals surface area contributed by atoms with Crippen LogP contribution < -0.4 is 15.2 Å². The van der Waals surface area contributed by atoms with Crippen LogP contribution in [0.5, 0.6) is 11.5 Å². The minimum Gasteiger partial charge on any atom is -0.493 e. The quantitative estimate of drug-likeness (QED) is 0.623. The first-order chi connectivity index (χ1) is 16.0. The SMILES string of the molecule is COc1cc([C@H]2C(C#N)=C(N)OC3=C2C(=O)CCC3)c(Br)cc1OCc1ccccc1C#N. The molecule has 7 nitrogen and oxygen atoms in total. The Morgan fingerprint density at radius 1 is 1.18 bits per heavy atom. The number of rotatable bonds is 5. The molecule has 0 aromatic heterocycles. The molecule has 0 unspecified atom stereocenters. The van der Waals surface area contributed by atoms with E-state index in [1.165, 1.54) is 7.11 Å². The Morgan fingerprint density at radius 2 is 1.97 bits per heavy atom. The normalized spacial score (nSPS) is 17.6. The van der Waals surface area contributed by atoms with Gasteiger partial charge in [0.2, 0.25) is 5.88 Å². The van der Waals surface area contributed by atoms with E-state index in [-0.39, 0.29) is 23.8 Å². The number of hydrogen-bond donors (Lipinski definition) is 1. The van der Waals surface area contributed by atoms with Crippen LogP contribution in [0, 0.1) is 22.7 Å². The van der Waals surface area contributed by atoms with Crippen LogP contribution in [0.15, 0.2) is 63.7 Å². The number of nitrogens with zero attached hydrogens (tertiary/aromatic N) is 2. The van der Waals surface area contributed by atoms with Gasteiger partial charge in [0.1, 0.15) is 24.0 Å². The number of Topliss-reactive ketones (excluding diaryl/α,β-unsaturated/α-hetero) is 1. The number of nitrogens with two attached hydrogens (primary N) is 1. The second-order valence-corrected chi connectivity index (χ2v) is 8.47. The van der Waals surface area contributed by atoms with Gasteiger partial charge in [0, 0.05) is 28.5 Å². The number of carbonyl (C=O) groups is 1. The molecule has 2 N–H and O–H groups in total. The standard InChI is InChI=1S/C25H20BrN3O4/c1-31-21-9-16(18(26)10-22(21)32-13-15-6-3-2-5-14(15)11-27)23-17(12-28)25(29)33-20-8-4-7-19(30)24(20)23/h2-3,5-6,9-10,23H,4,7-8,13,29H2,1H3/t23-/m0/s1. The van der Waals surface area contributed by atoms with E-state index < -0.39 is 5.92 Å². The lowest BCUT2D eigenvalue weighted by molar-refractivity contribution is -0.116. The monoisotopic (exact) mass is 505 g/mol. The molecule has 0 saturated heterocycles. The van der Waals surface area contributed by atoms with Gasteiger partial charge >= 0.3 is 0 Å². The third kappa shape index (κ3) is 4.18. The number of nitriles is 2. The summed E-state index contributed by atoms with van der Waals surface area (Å²) in [5, 5.41) is 19.1. The van der Waals surface area contributed by atoms with Crippen molar-refractivity contribution in [2.45, 2.75) is 31.8 Å². The minimum atomic E-state index is -0.664. The highest BCUT2D eigenvalue weighted by Crippen LogP contribution is 2.47. The zero-order valence-electron chi connectivity index (χ0n) is 17.9. The van der Waals surface area contributed by atoms with Crippen LogP contribution in [0.1, 0.15) is 41.9 Å². The van der Waals surface area contributed by atoms with Crippen molar-refractivity contribution in [3.05, 3.63) is 80.3 Å². The largest absolute Gasteiger partial charge is 0.493 e. The molecule has 0 saturated carbocycles. The number of carbonyl (C=O) groups excluding carboxylic acids is 1. The van der Waals surface area contributed by atoms with Crippen molar-refractivity contribution in [3.8, 4) is 23.6 Å². The molecule has 33 heavy (non-hydrogen) atoms. The van der Waals surface area contributed by atoms with Crippen molar-refractivity contribution in [2.75, 3.05) is 7.11 Å². The van der Waals surface area contributed by atoms with E-state index in [0.29, 0.717) is 57.7 Å².